The van der Waals surface area contributed by atoms with Crippen LogP contribution in [0.1, 0.15) is 34.2 Å². The summed E-state index contributed by atoms with van der Waals surface area (Å²) >= 11 is 12.5. The van der Waals surface area contributed by atoms with Crippen LogP contribution in [0.15, 0.2) is 109 Å². The molecule has 3 aliphatic heterocycles. The number of anilines is 1. The average Bonchev–Trinajstić information content (AvgIpc) is 3.46. The first-order valence-electron chi connectivity index (χ1n) is 14.0. The second kappa shape index (κ2) is 10.2. The van der Waals surface area contributed by atoms with Crippen molar-refractivity contribution in [1.82, 2.24) is 10.2 Å². The maximum Gasteiger partial charge on any atom is 0.250 e. The number of para-hydroxylation sites is 1. The monoisotopic (exact) mass is 593 g/mol. The highest BCUT2D eigenvalue weighted by Gasteiger charge is 2.74. The van der Waals surface area contributed by atoms with Crippen molar-refractivity contribution in [3.05, 3.63) is 141 Å². The maximum absolute atomic E-state index is 15.3. The van der Waals surface area contributed by atoms with Crippen LogP contribution < -0.4 is 10.6 Å². The lowest BCUT2D eigenvalue weighted by Gasteiger charge is -2.49. The average molecular weight is 595 g/mol. The van der Waals surface area contributed by atoms with E-state index in [4.69, 9.17) is 23.2 Å². The zero-order chi connectivity index (χ0) is 29.1. The predicted molar refractivity (Wildman–Crippen MR) is 168 cm³/mol. The summed E-state index contributed by atoms with van der Waals surface area (Å²) in [5.74, 6) is -0.637. The van der Waals surface area contributed by atoms with Crippen LogP contribution in [0.4, 0.5) is 5.69 Å². The molecule has 5 nitrogen and oxygen atoms in total. The van der Waals surface area contributed by atoms with E-state index in [9.17, 15) is 4.79 Å². The Bertz CT molecular complexity index is 1720. The summed E-state index contributed by atoms with van der Waals surface area (Å²) in [5, 5.41) is 8.20. The number of ketones is 1. The van der Waals surface area contributed by atoms with E-state index < -0.39 is 16.9 Å². The number of rotatable bonds is 3. The second-order valence-corrected chi connectivity index (χ2v) is 12.4. The summed E-state index contributed by atoms with van der Waals surface area (Å²) in [6, 6.07) is 32.7. The highest BCUT2D eigenvalue weighted by atomic mass is 35.5. The van der Waals surface area contributed by atoms with Gasteiger partial charge >= 0.3 is 0 Å². The number of Topliss-reactive ketones (excluding diaryl/α,β-unsaturated/α-hetero) is 1. The number of carbonyl (C=O) groups is 2. The van der Waals surface area contributed by atoms with Crippen LogP contribution in [0.25, 0.3) is 6.08 Å². The number of amides is 1. The van der Waals surface area contributed by atoms with E-state index in [1.165, 1.54) is 0 Å². The summed E-state index contributed by atoms with van der Waals surface area (Å²) in [6.45, 7) is 0.848. The number of likely N-dealkylation sites (N-methyl/N-ethyl adjacent to an activating group) is 1. The number of nitrogens with one attached hydrogen (secondary N) is 2. The van der Waals surface area contributed by atoms with Gasteiger partial charge in [0.05, 0.1) is 5.41 Å². The minimum atomic E-state index is -1.32. The Kier molecular flexibility index (Phi) is 6.59. The molecule has 2 saturated heterocycles. The maximum atomic E-state index is 15.3. The van der Waals surface area contributed by atoms with Crippen LogP contribution in [-0.4, -0.2) is 36.7 Å². The van der Waals surface area contributed by atoms with Gasteiger partial charge in [-0.25, -0.2) is 0 Å². The SMILES string of the molecule is CN1C/C(=C\c2ccc(Cl)cc2)C(=O)[C@]2(C1)[C@@H](c1ccc(Cl)cc1)[C@H](c1ccccc1)N[C@@]21C(=O)Nc2ccccc21. The molecule has 0 aliphatic carbocycles. The smallest absolute Gasteiger partial charge is 0.250 e. The number of likely N-dealkylation sites (tertiary alicyclic amines) is 1. The van der Waals surface area contributed by atoms with Crippen molar-refractivity contribution in [1.29, 1.82) is 0 Å². The number of halogens is 2. The van der Waals surface area contributed by atoms with E-state index in [1.54, 1.807) is 0 Å². The number of piperidine rings is 1. The molecule has 7 heteroatoms. The molecule has 0 unspecified atom stereocenters. The third kappa shape index (κ3) is 3.99. The van der Waals surface area contributed by atoms with Crippen LogP contribution in [0.5, 0.6) is 0 Å². The lowest BCUT2D eigenvalue weighted by molar-refractivity contribution is -0.141. The normalized spacial score (nSPS) is 28.0. The van der Waals surface area contributed by atoms with E-state index in [-0.39, 0.29) is 17.7 Å². The number of nitrogens with zero attached hydrogens (tertiary/aromatic N) is 1. The highest BCUT2D eigenvalue weighted by Crippen LogP contribution is 2.65. The van der Waals surface area contributed by atoms with Crippen molar-refractivity contribution in [3.8, 4) is 0 Å². The van der Waals surface area contributed by atoms with Gasteiger partial charge in [0.2, 0.25) is 0 Å². The van der Waals surface area contributed by atoms with Crippen molar-refractivity contribution in [2.45, 2.75) is 17.5 Å². The summed E-state index contributed by atoms with van der Waals surface area (Å²) in [4.78, 5) is 32.0. The highest BCUT2D eigenvalue weighted by molar-refractivity contribution is 6.30. The van der Waals surface area contributed by atoms with Crippen LogP contribution in [0.3, 0.4) is 0 Å². The van der Waals surface area contributed by atoms with Gasteiger partial charge in [0, 0.05) is 51.9 Å². The zero-order valence-electron chi connectivity index (χ0n) is 23.0. The van der Waals surface area contributed by atoms with Gasteiger partial charge in [0.25, 0.3) is 5.91 Å². The summed E-state index contributed by atoms with van der Waals surface area (Å²) in [6.07, 6.45) is 1.94. The molecule has 3 aliphatic rings. The van der Waals surface area contributed by atoms with Crippen molar-refractivity contribution < 1.29 is 9.59 Å². The zero-order valence-corrected chi connectivity index (χ0v) is 24.5. The van der Waals surface area contributed by atoms with Gasteiger partial charge in [-0.3, -0.25) is 14.9 Å². The van der Waals surface area contributed by atoms with Gasteiger partial charge < -0.3 is 10.2 Å². The minimum Gasteiger partial charge on any atom is -0.324 e. The van der Waals surface area contributed by atoms with Crippen molar-refractivity contribution in [2.75, 3.05) is 25.5 Å². The van der Waals surface area contributed by atoms with Gasteiger partial charge in [-0.15, -0.1) is 0 Å². The van der Waals surface area contributed by atoms with E-state index in [1.807, 2.05) is 104 Å². The molecule has 7 rings (SSSR count). The van der Waals surface area contributed by atoms with Crippen LogP contribution >= 0.6 is 23.2 Å². The molecule has 4 aromatic rings. The summed E-state index contributed by atoms with van der Waals surface area (Å²) in [7, 11) is 2.02. The third-order valence-electron chi connectivity index (χ3n) is 9.08. The Morgan fingerprint density at radius 1 is 0.810 bits per heavy atom. The number of fused-ring (bicyclic) bond motifs is 3. The van der Waals surface area contributed by atoms with Crippen LogP contribution in [-0.2, 0) is 15.1 Å². The molecule has 42 heavy (non-hydrogen) atoms. The van der Waals surface area contributed by atoms with E-state index in [0.717, 1.165) is 27.9 Å². The Hall–Kier alpha value is -3.74. The number of hydrogen-bond donors (Lipinski definition) is 2. The quantitative estimate of drug-likeness (QED) is 0.255. The fourth-order valence-corrected chi connectivity index (χ4v) is 7.74. The lowest BCUT2D eigenvalue weighted by Crippen LogP contribution is -2.65. The van der Waals surface area contributed by atoms with Crippen molar-refractivity contribution in [3.63, 3.8) is 0 Å². The first kappa shape index (κ1) is 27.1. The Balaban J connectivity index is 1.53. The number of benzene rings is 4. The number of carbonyl (C=O) groups excluding carboxylic acids is 2. The van der Waals surface area contributed by atoms with E-state index in [2.05, 4.69) is 27.7 Å². The summed E-state index contributed by atoms with van der Waals surface area (Å²) in [5.41, 5.74) is 2.50. The van der Waals surface area contributed by atoms with Crippen LogP contribution in [0.2, 0.25) is 10.0 Å². The molecule has 210 valence electrons. The van der Waals surface area contributed by atoms with Crippen molar-refractivity contribution in [2.24, 2.45) is 5.41 Å². The van der Waals surface area contributed by atoms with Crippen LogP contribution in [0, 0.1) is 5.41 Å². The lowest BCUT2D eigenvalue weighted by atomic mass is 9.55. The van der Waals surface area contributed by atoms with Crippen molar-refractivity contribution >= 4 is 46.7 Å². The Labute approximate surface area is 255 Å². The van der Waals surface area contributed by atoms with Gasteiger partial charge in [-0.2, -0.15) is 0 Å². The molecule has 2 spiro atoms. The molecule has 0 saturated carbocycles. The first-order valence-corrected chi connectivity index (χ1v) is 14.8. The minimum absolute atomic E-state index is 0.0340. The molecule has 0 bridgehead atoms. The fraction of sp³-hybridized carbons (Fsp3) is 0.200. The molecule has 2 fully saturated rings. The second-order valence-electron chi connectivity index (χ2n) is 11.5. The van der Waals surface area contributed by atoms with E-state index in [0.29, 0.717) is 28.7 Å². The molecule has 0 aromatic heterocycles. The molecule has 2 N–H and O–H groups in total. The molecular formula is C35H29Cl2N3O2. The van der Waals surface area contributed by atoms with Gasteiger partial charge in [0.15, 0.2) is 5.78 Å². The van der Waals surface area contributed by atoms with Gasteiger partial charge in [-0.1, -0.05) is 96.0 Å². The summed E-state index contributed by atoms with van der Waals surface area (Å²) < 4.78 is 0. The molecule has 1 amide bonds. The van der Waals surface area contributed by atoms with E-state index >= 15 is 4.79 Å². The first-order chi connectivity index (χ1) is 20.3. The predicted octanol–water partition coefficient (Wildman–Crippen LogP) is 6.85. The molecule has 3 heterocycles. The topological polar surface area (TPSA) is 61.4 Å². The van der Waals surface area contributed by atoms with Gasteiger partial charge in [-0.05, 0) is 60.1 Å². The third-order valence-corrected chi connectivity index (χ3v) is 9.58. The molecular weight excluding hydrogens is 565 g/mol. The number of hydrogen-bond acceptors (Lipinski definition) is 4. The Morgan fingerprint density at radius 2 is 1.45 bits per heavy atom. The molecule has 4 atom stereocenters. The Morgan fingerprint density at radius 3 is 2.17 bits per heavy atom. The largest absolute Gasteiger partial charge is 0.324 e. The standard InChI is InChI=1S/C35H29Cl2N3O2/c1-40-20-25(19-22-11-15-26(36)16-12-22)32(41)34(21-40)30(23-13-17-27(37)18-14-23)31(24-7-3-2-4-8-24)39-35(34)28-9-5-6-10-29(28)38-33(35)42/h2-19,30-31,39H,20-21H2,1H3,(H,38,42)/b25-19+/t30-,31-,34-,35-/m0/s1. The fourth-order valence-electron chi connectivity index (χ4n) is 7.49. The molecule has 4 aromatic carbocycles. The van der Waals surface area contributed by atoms with Gasteiger partial charge in [0.1, 0.15) is 5.54 Å². The molecule has 0 radical (unpaired) electrons.